The summed E-state index contributed by atoms with van der Waals surface area (Å²) in [4.78, 5) is 15.8. The predicted molar refractivity (Wildman–Crippen MR) is 64.1 cm³/mol. The molecule has 0 atom stereocenters. The molecule has 6 heteroatoms. The van der Waals surface area contributed by atoms with Gasteiger partial charge in [0.1, 0.15) is 5.15 Å². The van der Waals surface area contributed by atoms with E-state index < -0.39 is 0 Å². The Labute approximate surface area is 103 Å². The summed E-state index contributed by atoms with van der Waals surface area (Å²) < 4.78 is 1.58. The summed E-state index contributed by atoms with van der Waals surface area (Å²) in [5, 5.41) is 7.44. The molecular formula is C11H11ClN4O. The van der Waals surface area contributed by atoms with Gasteiger partial charge < -0.3 is 5.32 Å². The fourth-order valence-electron chi connectivity index (χ4n) is 1.74. The first-order chi connectivity index (χ1) is 8.13. The van der Waals surface area contributed by atoms with Gasteiger partial charge in [0.25, 0.3) is 0 Å². The number of nitrogens with one attached hydrogen (secondary N) is 1. The minimum atomic E-state index is 0.0439. The van der Waals surface area contributed by atoms with E-state index in [4.69, 9.17) is 11.6 Å². The molecular weight excluding hydrogens is 240 g/mol. The van der Waals surface area contributed by atoms with Crippen LogP contribution in [0, 0.1) is 12.8 Å². The first kappa shape index (κ1) is 10.5. The van der Waals surface area contributed by atoms with Crippen LogP contribution in [0.15, 0.2) is 12.3 Å². The lowest BCUT2D eigenvalue weighted by Crippen LogP contribution is -2.15. The van der Waals surface area contributed by atoms with Crippen LogP contribution >= 0.6 is 11.6 Å². The average Bonchev–Trinajstić information content (AvgIpc) is 3.02. The maximum atomic E-state index is 11.6. The van der Waals surface area contributed by atoms with Crippen LogP contribution in [-0.4, -0.2) is 20.5 Å². The molecule has 3 rings (SSSR count). The molecule has 5 nitrogen and oxygen atoms in total. The van der Waals surface area contributed by atoms with Crippen LogP contribution in [0.25, 0.3) is 5.65 Å². The SMILES string of the molecule is Cc1cc(NC(=O)C2CC2)nn2cc(Cl)nc12. The number of halogens is 1. The Hall–Kier alpha value is -1.62. The van der Waals surface area contributed by atoms with Gasteiger partial charge in [0, 0.05) is 5.92 Å². The summed E-state index contributed by atoms with van der Waals surface area (Å²) in [6.07, 6.45) is 3.57. The van der Waals surface area contributed by atoms with Crippen molar-refractivity contribution < 1.29 is 4.79 Å². The topological polar surface area (TPSA) is 59.3 Å². The van der Waals surface area contributed by atoms with Gasteiger partial charge in [-0.05, 0) is 31.4 Å². The van der Waals surface area contributed by atoms with Crippen molar-refractivity contribution in [1.29, 1.82) is 0 Å². The van der Waals surface area contributed by atoms with Crippen molar-refractivity contribution in [2.24, 2.45) is 5.92 Å². The number of carbonyl (C=O) groups is 1. The van der Waals surface area contributed by atoms with Crippen molar-refractivity contribution in [3.8, 4) is 0 Å². The van der Waals surface area contributed by atoms with Crippen LogP contribution in [0.5, 0.6) is 0 Å². The van der Waals surface area contributed by atoms with E-state index >= 15 is 0 Å². The van der Waals surface area contributed by atoms with Crippen LogP contribution in [0.4, 0.5) is 5.82 Å². The molecule has 17 heavy (non-hydrogen) atoms. The van der Waals surface area contributed by atoms with Crippen molar-refractivity contribution in [2.75, 3.05) is 5.32 Å². The third-order valence-corrected chi connectivity index (χ3v) is 2.96. The maximum absolute atomic E-state index is 11.6. The van der Waals surface area contributed by atoms with E-state index in [9.17, 15) is 4.79 Å². The van der Waals surface area contributed by atoms with Gasteiger partial charge in [-0.2, -0.15) is 0 Å². The number of aromatic nitrogens is 3. The second-order valence-electron chi connectivity index (χ2n) is 4.31. The van der Waals surface area contributed by atoms with Crippen molar-refractivity contribution in [3.63, 3.8) is 0 Å². The highest BCUT2D eigenvalue weighted by Gasteiger charge is 2.29. The van der Waals surface area contributed by atoms with Crippen LogP contribution in [0.3, 0.4) is 0 Å². The Bertz CT molecular complexity index is 603. The molecule has 88 valence electrons. The summed E-state index contributed by atoms with van der Waals surface area (Å²) in [6, 6.07) is 1.80. The number of fused-ring (bicyclic) bond motifs is 1. The smallest absolute Gasteiger partial charge is 0.228 e. The second kappa shape index (κ2) is 3.70. The van der Waals surface area contributed by atoms with E-state index in [1.165, 1.54) is 0 Å². The highest BCUT2D eigenvalue weighted by atomic mass is 35.5. The molecule has 0 aliphatic heterocycles. The number of aryl methyl sites for hydroxylation is 1. The largest absolute Gasteiger partial charge is 0.309 e. The number of imidazole rings is 1. The fraction of sp³-hybridized carbons (Fsp3) is 0.364. The zero-order valence-electron chi connectivity index (χ0n) is 9.27. The van der Waals surface area contributed by atoms with Gasteiger partial charge in [-0.25, -0.2) is 9.50 Å². The Morgan fingerprint density at radius 1 is 1.59 bits per heavy atom. The van der Waals surface area contributed by atoms with Crippen molar-refractivity contribution in [2.45, 2.75) is 19.8 Å². The number of rotatable bonds is 2. The van der Waals surface area contributed by atoms with Gasteiger partial charge in [-0.3, -0.25) is 4.79 Å². The van der Waals surface area contributed by atoms with Crippen LogP contribution in [0.1, 0.15) is 18.4 Å². The molecule has 1 aliphatic carbocycles. The Balaban J connectivity index is 1.96. The zero-order chi connectivity index (χ0) is 12.0. The maximum Gasteiger partial charge on any atom is 0.228 e. The molecule has 0 spiro atoms. The summed E-state index contributed by atoms with van der Waals surface area (Å²) in [5.74, 6) is 0.752. The molecule has 0 saturated heterocycles. The summed E-state index contributed by atoms with van der Waals surface area (Å²) in [7, 11) is 0. The number of amides is 1. The van der Waals surface area contributed by atoms with E-state index in [1.54, 1.807) is 16.8 Å². The molecule has 2 aromatic rings. The van der Waals surface area contributed by atoms with Gasteiger partial charge in [0.05, 0.1) is 6.20 Å². The zero-order valence-corrected chi connectivity index (χ0v) is 10.0. The molecule has 2 heterocycles. The number of carbonyl (C=O) groups excluding carboxylic acids is 1. The van der Waals surface area contributed by atoms with Crippen molar-refractivity contribution >= 4 is 29.0 Å². The molecule has 0 unspecified atom stereocenters. The number of hydrogen-bond acceptors (Lipinski definition) is 3. The summed E-state index contributed by atoms with van der Waals surface area (Å²) in [6.45, 7) is 1.91. The molecule has 1 fully saturated rings. The highest BCUT2D eigenvalue weighted by molar-refractivity contribution is 6.29. The summed E-state index contributed by atoms with van der Waals surface area (Å²) >= 11 is 5.81. The lowest BCUT2D eigenvalue weighted by Gasteiger charge is -2.05. The molecule has 0 aromatic carbocycles. The van der Waals surface area contributed by atoms with Crippen molar-refractivity contribution in [1.82, 2.24) is 14.6 Å². The van der Waals surface area contributed by atoms with E-state index in [1.807, 2.05) is 6.92 Å². The normalized spacial score (nSPS) is 15.2. The first-order valence-corrected chi connectivity index (χ1v) is 5.84. The molecule has 0 bridgehead atoms. The van der Waals surface area contributed by atoms with Gasteiger partial charge in [0.2, 0.25) is 5.91 Å². The number of hydrogen-bond donors (Lipinski definition) is 1. The van der Waals surface area contributed by atoms with E-state index in [0.717, 1.165) is 18.4 Å². The van der Waals surface area contributed by atoms with Gasteiger partial charge in [-0.15, -0.1) is 5.10 Å². The second-order valence-corrected chi connectivity index (χ2v) is 4.70. The minimum absolute atomic E-state index is 0.0439. The number of anilines is 1. The lowest BCUT2D eigenvalue weighted by molar-refractivity contribution is -0.117. The molecule has 2 aromatic heterocycles. The van der Waals surface area contributed by atoms with Crippen molar-refractivity contribution in [3.05, 3.63) is 23.0 Å². The van der Waals surface area contributed by atoms with Gasteiger partial charge in [0.15, 0.2) is 11.5 Å². The standard InChI is InChI=1S/C11H11ClN4O/c1-6-4-9(14-11(17)7-2-3-7)15-16-5-8(12)13-10(6)16/h4-5,7H,2-3H2,1H3,(H,14,15,17). The van der Waals surface area contributed by atoms with Crippen LogP contribution in [0.2, 0.25) is 5.15 Å². The first-order valence-electron chi connectivity index (χ1n) is 5.47. The molecule has 1 aliphatic rings. The number of nitrogens with zero attached hydrogens (tertiary/aromatic N) is 3. The molecule has 1 saturated carbocycles. The van der Waals surface area contributed by atoms with Crippen LogP contribution in [-0.2, 0) is 4.79 Å². The predicted octanol–water partition coefficient (Wildman–Crippen LogP) is 2.04. The third kappa shape index (κ3) is 1.98. The third-order valence-electron chi connectivity index (χ3n) is 2.78. The molecule has 0 radical (unpaired) electrons. The minimum Gasteiger partial charge on any atom is -0.309 e. The van der Waals surface area contributed by atoms with E-state index in [0.29, 0.717) is 16.6 Å². The quantitative estimate of drug-likeness (QED) is 0.887. The Kier molecular flexibility index (Phi) is 2.29. The average molecular weight is 251 g/mol. The van der Waals surface area contributed by atoms with Gasteiger partial charge >= 0.3 is 0 Å². The monoisotopic (exact) mass is 250 g/mol. The highest BCUT2D eigenvalue weighted by Crippen LogP contribution is 2.30. The fourth-order valence-corrected chi connectivity index (χ4v) is 1.91. The lowest BCUT2D eigenvalue weighted by atomic mass is 10.3. The van der Waals surface area contributed by atoms with E-state index in [2.05, 4.69) is 15.4 Å². The van der Waals surface area contributed by atoms with E-state index in [-0.39, 0.29) is 11.8 Å². The van der Waals surface area contributed by atoms with Gasteiger partial charge in [-0.1, -0.05) is 11.6 Å². The Morgan fingerprint density at radius 2 is 2.35 bits per heavy atom. The van der Waals surface area contributed by atoms with Crippen LogP contribution < -0.4 is 5.32 Å². The Morgan fingerprint density at radius 3 is 3.06 bits per heavy atom. The molecule has 1 N–H and O–H groups in total. The molecule has 1 amide bonds. The summed E-state index contributed by atoms with van der Waals surface area (Å²) in [5.41, 5.74) is 1.64.